The van der Waals surface area contributed by atoms with Crippen molar-refractivity contribution in [1.29, 1.82) is 0 Å². The third-order valence-electron chi connectivity index (χ3n) is 4.61. The number of ether oxygens (including phenoxy) is 1. The van der Waals surface area contributed by atoms with Gasteiger partial charge in [0.15, 0.2) is 0 Å². The SMILES string of the molecule is COc1ccccc1-c1nc(-c2ccc(-c3ccccc3)cc2)c(CC(=O)O)s1. The predicted molar refractivity (Wildman–Crippen MR) is 116 cm³/mol. The van der Waals surface area contributed by atoms with Gasteiger partial charge >= 0.3 is 5.97 Å². The van der Waals surface area contributed by atoms with Crippen molar-refractivity contribution in [2.75, 3.05) is 7.11 Å². The van der Waals surface area contributed by atoms with E-state index in [1.165, 1.54) is 11.3 Å². The molecule has 5 heteroatoms. The standard InChI is InChI=1S/C24H19NO3S/c1-28-20-10-6-5-9-19(20)24-25-23(21(29-24)15-22(26)27)18-13-11-17(12-14-18)16-7-3-2-4-8-16/h2-14H,15H2,1H3,(H,26,27). The summed E-state index contributed by atoms with van der Waals surface area (Å²) in [5, 5.41) is 10.1. The van der Waals surface area contributed by atoms with Crippen molar-refractivity contribution in [2.24, 2.45) is 0 Å². The lowest BCUT2D eigenvalue weighted by atomic mass is 10.0. The van der Waals surface area contributed by atoms with Gasteiger partial charge in [0, 0.05) is 10.4 Å². The summed E-state index contributed by atoms with van der Waals surface area (Å²) < 4.78 is 5.45. The highest BCUT2D eigenvalue weighted by atomic mass is 32.1. The second-order valence-electron chi connectivity index (χ2n) is 6.50. The number of rotatable bonds is 6. The molecule has 0 radical (unpaired) electrons. The van der Waals surface area contributed by atoms with Crippen LogP contribution in [0, 0.1) is 0 Å². The fourth-order valence-corrected chi connectivity index (χ4v) is 4.33. The number of aromatic nitrogens is 1. The predicted octanol–water partition coefficient (Wildman–Crippen LogP) is 5.78. The van der Waals surface area contributed by atoms with E-state index >= 15 is 0 Å². The number of carboxylic acids is 1. The third kappa shape index (κ3) is 4.05. The van der Waals surface area contributed by atoms with E-state index < -0.39 is 5.97 Å². The number of benzene rings is 3. The zero-order chi connectivity index (χ0) is 20.2. The van der Waals surface area contributed by atoms with Gasteiger partial charge in [-0.3, -0.25) is 4.79 Å². The average Bonchev–Trinajstić information content (AvgIpc) is 3.17. The number of aliphatic carboxylic acids is 1. The maximum absolute atomic E-state index is 11.4. The molecule has 0 saturated carbocycles. The van der Waals surface area contributed by atoms with E-state index in [2.05, 4.69) is 12.1 Å². The molecule has 0 spiro atoms. The van der Waals surface area contributed by atoms with Gasteiger partial charge in [0.1, 0.15) is 10.8 Å². The number of hydrogen-bond acceptors (Lipinski definition) is 4. The summed E-state index contributed by atoms with van der Waals surface area (Å²) in [6, 6.07) is 25.8. The smallest absolute Gasteiger partial charge is 0.308 e. The van der Waals surface area contributed by atoms with Crippen molar-refractivity contribution >= 4 is 17.3 Å². The van der Waals surface area contributed by atoms with E-state index in [1.54, 1.807) is 7.11 Å². The Morgan fingerprint density at radius 3 is 2.21 bits per heavy atom. The Bertz CT molecular complexity index is 1130. The molecule has 0 saturated heterocycles. The van der Waals surface area contributed by atoms with Crippen LogP contribution in [-0.4, -0.2) is 23.2 Å². The van der Waals surface area contributed by atoms with Gasteiger partial charge in [0.2, 0.25) is 0 Å². The molecule has 0 amide bonds. The monoisotopic (exact) mass is 401 g/mol. The van der Waals surface area contributed by atoms with E-state index in [1.807, 2.05) is 66.7 Å². The van der Waals surface area contributed by atoms with Crippen molar-refractivity contribution in [2.45, 2.75) is 6.42 Å². The third-order valence-corrected chi connectivity index (χ3v) is 5.70. The Labute approximate surface area is 173 Å². The van der Waals surface area contributed by atoms with Gasteiger partial charge < -0.3 is 9.84 Å². The summed E-state index contributed by atoms with van der Waals surface area (Å²) >= 11 is 1.39. The number of methoxy groups -OCH3 is 1. The highest BCUT2D eigenvalue weighted by Gasteiger charge is 2.18. The molecule has 1 aromatic heterocycles. The van der Waals surface area contributed by atoms with E-state index in [4.69, 9.17) is 9.72 Å². The fraction of sp³-hybridized carbons (Fsp3) is 0.0833. The van der Waals surface area contributed by atoms with Crippen LogP contribution in [0.2, 0.25) is 0 Å². The molecule has 1 N–H and O–H groups in total. The van der Waals surface area contributed by atoms with Gasteiger partial charge in [0.25, 0.3) is 0 Å². The molecule has 0 aliphatic carbocycles. The molecule has 1 heterocycles. The number of hydrogen-bond donors (Lipinski definition) is 1. The second-order valence-corrected chi connectivity index (χ2v) is 7.59. The molecule has 0 fully saturated rings. The summed E-state index contributed by atoms with van der Waals surface area (Å²) in [6.07, 6.45) is -0.0669. The molecule has 0 aliphatic rings. The minimum Gasteiger partial charge on any atom is -0.496 e. The summed E-state index contributed by atoms with van der Waals surface area (Å²) in [6.45, 7) is 0. The molecule has 144 valence electrons. The van der Waals surface area contributed by atoms with Gasteiger partial charge in [-0.15, -0.1) is 11.3 Å². The molecule has 4 aromatic rings. The van der Waals surface area contributed by atoms with E-state index in [0.717, 1.165) is 32.1 Å². The maximum Gasteiger partial charge on any atom is 0.308 e. The molecular weight excluding hydrogens is 382 g/mol. The highest BCUT2D eigenvalue weighted by molar-refractivity contribution is 7.15. The van der Waals surface area contributed by atoms with Crippen LogP contribution < -0.4 is 4.74 Å². The molecule has 0 aliphatic heterocycles. The van der Waals surface area contributed by atoms with Crippen LogP contribution in [-0.2, 0) is 11.2 Å². The molecule has 0 unspecified atom stereocenters. The lowest BCUT2D eigenvalue weighted by Crippen LogP contribution is -1.99. The van der Waals surface area contributed by atoms with Crippen molar-refractivity contribution < 1.29 is 14.6 Å². The van der Waals surface area contributed by atoms with Gasteiger partial charge in [-0.2, -0.15) is 0 Å². The second kappa shape index (κ2) is 8.29. The first-order chi connectivity index (χ1) is 14.2. The lowest BCUT2D eigenvalue weighted by Gasteiger charge is -2.05. The van der Waals surface area contributed by atoms with Crippen LogP contribution in [0.1, 0.15) is 4.88 Å². The Hall–Kier alpha value is -3.44. The summed E-state index contributed by atoms with van der Waals surface area (Å²) in [5.74, 6) is -0.156. The minimum absolute atomic E-state index is 0.0669. The van der Waals surface area contributed by atoms with Crippen LogP contribution in [0.15, 0.2) is 78.9 Å². The van der Waals surface area contributed by atoms with E-state index in [0.29, 0.717) is 11.4 Å². The van der Waals surface area contributed by atoms with Crippen LogP contribution in [0.25, 0.3) is 33.0 Å². The Kier molecular flexibility index (Phi) is 5.40. The summed E-state index contributed by atoms with van der Waals surface area (Å²) in [4.78, 5) is 16.9. The van der Waals surface area contributed by atoms with Crippen molar-refractivity contribution in [1.82, 2.24) is 4.98 Å². The highest BCUT2D eigenvalue weighted by Crippen LogP contribution is 2.38. The number of para-hydroxylation sites is 1. The maximum atomic E-state index is 11.4. The van der Waals surface area contributed by atoms with E-state index in [9.17, 15) is 9.90 Å². The minimum atomic E-state index is -0.873. The molecule has 0 atom stereocenters. The number of thiazole rings is 1. The molecule has 0 bridgehead atoms. The quantitative estimate of drug-likeness (QED) is 0.445. The molecule has 4 rings (SSSR count). The summed E-state index contributed by atoms with van der Waals surface area (Å²) in [7, 11) is 1.62. The number of nitrogens with zero attached hydrogens (tertiary/aromatic N) is 1. The van der Waals surface area contributed by atoms with Gasteiger partial charge in [0.05, 0.1) is 24.8 Å². The normalized spacial score (nSPS) is 10.7. The van der Waals surface area contributed by atoms with Crippen molar-refractivity contribution in [3.8, 4) is 38.7 Å². The first-order valence-electron chi connectivity index (χ1n) is 9.16. The lowest BCUT2D eigenvalue weighted by molar-refractivity contribution is -0.136. The summed E-state index contributed by atoms with van der Waals surface area (Å²) in [5.41, 5.74) is 4.71. The van der Waals surface area contributed by atoms with Gasteiger partial charge in [-0.05, 0) is 23.3 Å². The fourth-order valence-electron chi connectivity index (χ4n) is 3.22. The first-order valence-corrected chi connectivity index (χ1v) is 9.98. The largest absolute Gasteiger partial charge is 0.496 e. The van der Waals surface area contributed by atoms with Crippen LogP contribution in [0.5, 0.6) is 5.75 Å². The topological polar surface area (TPSA) is 59.4 Å². The molecule has 29 heavy (non-hydrogen) atoms. The van der Waals surface area contributed by atoms with Crippen LogP contribution in [0.3, 0.4) is 0 Å². The van der Waals surface area contributed by atoms with E-state index in [-0.39, 0.29) is 6.42 Å². The molecular formula is C24H19NO3S. The first kappa shape index (κ1) is 18.9. The van der Waals surface area contributed by atoms with Gasteiger partial charge in [-0.25, -0.2) is 4.98 Å². The average molecular weight is 401 g/mol. The molecule has 3 aromatic carbocycles. The Morgan fingerprint density at radius 1 is 0.897 bits per heavy atom. The zero-order valence-electron chi connectivity index (χ0n) is 15.8. The number of carboxylic acid groups (broad SMARTS) is 1. The van der Waals surface area contributed by atoms with Crippen molar-refractivity contribution in [3.63, 3.8) is 0 Å². The van der Waals surface area contributed by atoms with Crippen LogP contribution in [0.4, 0.5) is 0 Å². The van der Waals surface area contributed by atoms with Gasteiger partial charge in [-0.1, -0.05) is 66.7 Å². The Morgan fingerprint density at radius 2 is 1.52 bits per heavy atom. The molecule has 4 nitrogen and oxygen atoms in total. The number of carbonyl (C=O) groups is 1. The Balaban J connectivity index is 1.76. The van der Waals surface area contributed by atoms with Crippen molar-refractivity contribution in [3.05, 3.63) is 83.7 Å². The van der Waals surface area contributed by atoms with Crippen LogP contribution >= 0.6 is 11.3 Å². The zero-order valence-corrected chi connectivity index (χ0v) is 16.6.